The third-order valence-corrected chi connectivity index (χ3v) is 5.72. The Morgan fingerprint density at radius 1 is 1.19 bits per heavy atom. The van der Waals surface area contributed by atoms with Crippen LogP contribution in [0.2, 0.25) is 0 Å². The number of carbonyl (C=O) groups excluding carboxylic acids is 1. The van der Waals surface area contributed by atoms with E-state index < -0.39 is 0 Å². The number of nitrogens with zero attached hydrogens (tertiary/aromatic N) is 1. The fraction of sp³-hybridized carbons (Fsp3) is 0.944. The van der Waals surface area contributed by atoms with Gasteiger partial charge in [0.2, 0.25) is 5.91 Å². The molecule has 0 aromatic heterocycles. The maximum atomic E-state index is 13.0. The molecule has 4 unspecified atom stereocenters. The van der Waals surface area contributed by atoms with Crippen molar-refractivity contribution in [3.05, 3.63) is 0 Å². The summed E-state index contributed by atoms with van der Waals surface area (Å²) in [6, 6.07) is 0.473. The van der Waals surface area contributed by atoms with Gasteiger partial charge in [-0.25, -0.2) is 0 Å². The summed E-state index contributed by atoms with van der Waals surface area (Å²) in [4.78, 5) is 15.3. The van der Waals surface area contributed by atoms with Crippen LogP contribution >= 0.6 is 0 Å². The minimum Gasteiger partial charge on any atom is -0.323 e. The van der Waals surface area contributed by atoms with Gasteiger partial charge in [-0.1, -0.05) is 53.4 Å². The van der Waals surface area contributed by atoms with Gasteiger partial charge in [0.25, 0.3) is 0 Å². The highest BCUT2D eigenvalue weighted by atomic mass is 16.2. The number of carbonyl (C=O) groups is 1. The lowest BCUT2D eigenvalue weighted by molar-refractivity contribution is -0.134. The van der Waals surface area contributed by atoms with Gasteiger partial charge in [0.15, 0.2) is 0 Å². The molecule has 0 aromatic carbocycles. The first kappa shape index (κ1) is 16.8. The molecule has 2 rings (SSSR count). The summed E-state index contributed by atoms with van der Waals surface area (Å²) in [5.74, 6) is 1.49. The van der Waals surface area contributed by atoms with Crippen molar-refractivity contribution < 1.29 is 4.79 Å². The Balaban J connectivity index is 2.19. The number of hydrogen-bond donors (Lipinski definition) is 1. The van der Waals surface area contributed by atoms with Crippen LogP contribution in [-0.4, -0.2) is 29.1 Å². The predicted octanol–water partition coefficient (Wildman–Crippen LogP) is 3.93. The molecule has 3 nitrogen and oxygen atoms in total. The molecule has 2 fully saturated rings. The standard InChI is InChI=1S/C18H34N2O/c1-5-10-15(7-3)20-17(14-11-8-9-12-14)19-16(18(20)21)13(4)6-2/h13-17,19H,5-12H2,1-4H3. The average molecular weight is 294 g/mol. The second-order valence-electron chi connectivity index (χ2n) is 7.12. The van der Waals surface area contributed by atoms with Crippen LogP contribution < -0.4 is 5.32 Å². The molecule has 1 heterocycles. The molecular weight excluding hydrogens is 260 g/mol. The zero-order chi connectivity index (χ0) is 15.4. The van der Waals surface area contributed by atoms with Gasteiger partial charge in [-0.2, -0.15) is 0 Å². The van der Waals surface area contributed by atoms with Gasteiger partial charge in [0.1, 0.15) is 0 Å². The van der Waals surface area contributed by atoms with Crippen LogP contribution in [0.1, 0.15) is 79.1 Å². The lowest BCUT2D eigenvalue weighted by atomic mass is 9.98. The van der Waals surface area contributed by atoms with Crippen LogP contribution in [0.3, 0.4) is 0 Å². The van der Waals surface area contributed by atoms with Gasteiger partial charge in [-0.3, -0.25) is 10.1 Å². The first-order valence-corrected chi connectivity index (χ1v) is 9.22. The van der Waals surface area contributed by atoms with Crippen LogP contribution in [0, 0.1) is 11.8 Å². The Bertz CT molecular complexity index is 338. The molecule has 1 amide bonds. The Hall–Kier alpha value is -0.570. The second kappa shape index (κ2) is 7.62. The summed E-state index contributed by atoms with van der Waals surface area (Å²) >= 11 is 0. The van der Waals surface area contributed by atoms with Gasteiger partial charge in [-0.15, -0.1) is 0 Å². The summed E-state index contributed by atoms with van der Waals surface area (Å²) in [5, 5.41) is 3.73. The van der Waals surface area contributed by atoms with Crippen molar-refractivity contribution in [3.8, 4) is 0 Å². The van der Waals surface area contributed by atoms with Gasteiger partial charge in [0, 0.05) is 6.04 Å². The van der Waals surface area contributed by atoms with Crippen molar-refractivity contribution in [1.82, 2.24) is 10.2 Å². The van der Waals surface area contributed by atoms with E-state index >= 15 is 0 Å². The fourth-order valence-electron chi connectivity index (χ4n) is 4.19. The smallest absolute Gasteiger partial charge is 0.241 e. The highest BCUT2D eigenvalue weighted by molar-refractivity contribution is 5.85. The fourth-order valence-corrected chi connectivity index (χ4v) is 4.19. The van der Waals surface area contributed by atoms with E-state index in [-0.39, 0.29) is 6.04 Å². The maximum Gasteiger partial charge on any atom is 0.241 e. The largest absolute Gasteiger partial charge is 0.323 e. The summed E-state index contributed by atoms with van der Waals surface area (Å²) < 4.78 is 0. The van der Waals surface area contributed by atoms with E-state index in [0.717, 1.165) is 25.7 Å². The minimum absolute atomic E-state index is 0.0477. The summed E-state index contributed by atoms with van der Waals surface area (Å²) in [6.07, 6.45) is 10.0. The molecule has 0 radical (unpaired) electrons. The topological polar surface area (TPSA) is 32.3 Å². The molecule has 4 atom stereocenters. The third-order valence-electron chi connectivity index (χ3n) is 5.72. The zero-order valence-corrected chi connectivity index (χ0v) is 14.4. The van der Waals surface area contributed by atoms with Crippen LogP contribution in [0.5, 0.6) is 0 Å². The van der Waals surface area contributed by atoms with E-state index in [4.69, 9.17) is 0 Å². The molecule has 3 heteroatoms. The van der Waals surface area contributed by atoms with E-state index in [9.17, 15) is 4.79 Å². The van der Waals surface area contributed by atoms with Crippen LogP contribution in [0.4, 0.5) is 0 Å². The molecule has 1 saturated heterocycles. The third kappa shape index (κ3) is 3.44. The van der Waals surface area contributed by atoms with E-state index in [1.165, 1.54) is 25.7 Å². The number of rotatable bonds is 7. The van der Waals surface area contributed by atoms with Crippen molar-refractivity contribution >= 4 is 5.91 Å². The van der Waals surface area contributed by atoms with Crippen molar-refractivity contribution in [3.63, 3.8) is 0 Å². The first-order valence-electron chi connectivity index (χ1n) is 9.22. The highest BCUT2D eigenvalue weighted by Gasteiger charge is 2.46. The van der Waals surface area contributed by atoms with Gasteiger partial charge in [0.05, 0.1) is 12.2 Å². The second-order valence-corrected chi connectivity index (χ2v) is 7.12. The minimum atomic E-state index is 0.0477. The molecule has 2 aliphatic rings. The summed E-state index contributed by atoms with van der Waals surface area (Å²) in [6.45, 7) is 8.87. The number of nitrogens with one attached hydrogen (secondary N) is 1. The van der Waals surface area contributed by atoms with E-state index in [0.29, 0.717) is 30.0 Å². The molecule has 1 aliphatic carbocycles. The van der Waals surface area contributed by atoms with Gasteiger partial charge in [-0.05, 0) is 37.5 Å². The number of amides is 1. The van der Waals surface area contributed by atoms with E-state index in [1.807, 2.05) is 0 Å². The monoisotopic (exact) mass is 294 g/mol. The number of hydrogen-bond acceptors (Lipinski definition) is 2. The first-order chi connectivity index (χ1) is 10.1. The van der Waals surface area contributed by atoms with Crippen LogP contribution in [-0.2, 0) is 4.79 Å². The lowest BCUT2D eigenvalue weighted by Gasteiger charge is -2.35. The Kier molecular flexibility index (Phi) is 6.09. The zero-order valence-electron chi connectivity index (χ0n) is 14.4. The summed E-state index contributed by atoms with van der Waals surface area (Å²) in [5.41, 5.74) is 0. The Labute approximate surface area is 130 Å². The molecule has 1 aliphatic heterocycles. The predicted molar refractivity (Wildman–Crippen MR) is 88.0 cm³/mol. The Morgan fingerprint density at radius 3 is 2.38 bits per heavy atom. The SMILES string of the molecule is CCCC(CC)N1C(=O)C(C(C)CC)NC1C1CCCC1. The van der Waals surface area contributed by atoms with Crippen molar-refractivity contribution in [2.45, 2.75) is 97.3 Å². The molecule has 1 saturated carbocycles. The molecule has 0 spiro atoms. The molecule has 0 aromatic rings. The quantitative estimate of drug-likeness (QED) is 0.771. The molecular formula is C18H34N2O. The average Bonchev–Trinajstić information content (AvgIpc) is 3.12. The lowest BCUT2D eigenvalue weighted by Crippen LogP contribution is -2.47. The molecule has 0 bridgehead atoms. The molecule has 122 valence electrons. The maximum absolute atomic E-state index is 13.0. The summed E-state index contributed by atoms with van der Waals surface area (Å²) in [7, 11) is 0. The van der Waals surface area contributed by atoms with Crippen LogP contribution in [0.15, 0.2) is 0 Å². The van der Waals surface area contributed by atoms with Crippen molar-refractivity contribution in [2.24, 2.45) is 11.8 Å². The van der Waals surface area contributed by atoms with Crippen LogP contribution in [0.25, 0.3) is 0 Å². The Morgan fingerprint density at radius 2 is 1.86 bits per heavy atom. The van der Waals surface area contributed by atoms with E-state index in [1.54, 1.807) is 0 Å². The normalized spacial score (nSPS) is 30.1. The highest BCUT2D eigenvalue weighted by Crippen LogP contribution is 2.35. The van der Waals surface area contributed by atoms with E-state index in [2.05, 4.69) is 37.9 Å². The van der Waals surface area contributed by atoms with Gasteiger partial charge >= 0.3 is 0 Å². The van der Waals surface area contributed by atoms with Crippen molar-refractivity contribution in [2.75, 3.05) is 0 Å². The van der Waals surface area contributed by atoms with Gasteiger partial charge < -0.3 is 4.90 Å². The molecule has 1 N–H and O–H groups in total. The van der Waals surface area contributed by atoms with Crippen molar-refractivity contribution in [1.29, 1.82) is 0 Å². The molecule has 21 heavy (non-hydrogen) atoms.